The molecule has 0 heterocycles. The second kappa shape index (κ2) is 5.91. The van der Waals surface area contributed by atoms with Gasteiger partial charge in [0.05, 0.1) is 6.42 Å². The van der Waals surface area contributed by atoms with Gasteiger partial charge in [-0.2, -0.15) is 0 Å². The van der Waals surface area contributed by atoms with Gasteiger partial charge in [-0.05, 0) is 29.3 Å². The zero-order valence-corrected chi connectivity index (χ0v) is 10.4. The maximum atomic E-state index is 11.7. The molecule has 0 saturated carbocycles. The van der Waals surface area contributed by atoms with Crippen molar-refractivity contribution in [3.63, 3.8) is 0 Å². The van der Waals surface area contributed by atoms with Crippen molar-refractivity contribution in [2.45, 2.75) is 13.0 Å². The van der Waals surface area contributed by atoms with Crippen molar-refractivity contribution in [1.29, 1.82) is 0 Å². The fraction of sp³-hybridized carbons (Fsp3) is 0.133. The Kier molecular flexibility index (Phi) is 4.03. The van der Waals surface area contributed by atoms with Crippen LogP contribution in [0.5, 0.6) is 5.75 Å². The number of aromatic hydroxyl groups is 1. The van der Waals surface area contributed by atoms with Crippen molar-refractivity contribution < 1.29 is 14.6 Å². The Labute approximate surface area is 111 Å². The summed E-state index contributed by atoms with van der Waals surface area (Å²) in [5.74, 6) is -0.193. The molecule has 98 valence electrons. The number of anilines is 1. The Morgan fingerprint density at radius 2 is 1.95 bits per heavy atom. The summed E-state index contributed by atoms with van der Waals surface area (Å²) in [4.78, 5) is 11.7. The molecular formula is C15H15NO3. The molecule has 0 aromatic heterocycles. The predicted molar refractivity (Wildman–Crippen MR) is 72.5 cm³/mol. The summed E-state index contributed by atoms with van der Waals surface area (Å²) in [6, 6.07) is 13.8. The Hall–Kier alpha value is -2.49. The first-order chi connectivity index (χ1) is 9.15. The third-order valence-electron chi connectivity index (χ3n) is 2.70. The molecular weight excluding hydrogens is 242 g/mol. The molecule has 4 nitrogen and oxygen atoms in total. The van der Waals surface area contributed by atoms with E-state index in [0.29, 0.717) is 5.69 Å². The number of para-hydroxylation sites is 1. The van der Waals surface area contributed by atoms with Gasteiger partial charge >= 0.3 is 5.97 Å². The maximum absolute atomic E-state index is 11.7. The Bertz CT molecular complexity index is 581. The minimum Gasteiger partial charge on any atom is -0.508 e. The fourth-order valence-electron chi connectivity index (χ4n) is 1.71. The molecule has 4 heteroatoms. The van der Waals surface area contributed by atoms with Crippen LogP contribution in [0.25, 0.3) is 0 Å². The lowest BCUT2D eigenvalue weighted by atomic mass is 10.1. The van der Waals surface area contributed by atoms with Crippen molar-refractivity contribution in [1.82, 2.24) is 0 Å². The van der Waals surface area contributed by atoms with Gasteiger partial charge in [-0.1, -0.05) is 30.3 Å². The highest BCUT2D eigenvalue weighted by atomic mass is 16.5. The summed E-state index contributed by atoms with van der Waals surface area (Å²) in [5, 5.41) is 9.29. The number of hydrogen-bond donors (Lipinski definition) is 2. The first-order valence-corrected chi connectivity index (χ1v) is 5.92. The third kappa shape index (κ3) is 3.74. The predicted octanol–water partition coefficient (Wildman–Crippen LogP) is 2.26. The average Bonchev–Trinajstić information content (AvgIpc) is 2.39. The van der Waals surface area contributed by atoms with E-state index in [9.17, 15) is 9.90 Å². The molecule has 0 spiro atoms. The molecule has 2 rings (SSSR count). The zero-order chi connectivity index (χ0) is 13.7. The standard InChI is InChI=1S/C15H15NO3/c16-14-7-2-1-5-12(14)9-15(18)19-10-11-4-3-6-13(17)8-11/h1-8,17H,9-10,16H2. The van der Waals surface area contributed by atoms with Crippen molar-refractivity contribution in [2.75, 3.05) is 5.73 Å². The minimum atomic E-state index is -0.346. The molecule has 0 bridgehead atoms. The van der Waals surface area contributed by atoms with E-state index in [1.54, 1.807) is 36.4 Å². The molecule has 19 heavy (non-hydrogen) atoms. The van der Waals surface area contributed by atoms with Crippen LogP contribution in [0.3, 0.4) is 0 Å². The lowest BCUT2D eigenvalue weighted by Gasteiger charge is -2.07. The second-order valence-corrected chi connectivity index (χ2v) is 4.21. The Morgan fingerprint density at radius 3 is 2.68 bits per heavy atom. The van der Waals surface area contributed by atoms with E-state index in [2.05, 4.69) is 0 Å². The second-order valence-electron chi connectivity index (χ2n) is 4.21. The Balaban J connectivity index is 1.90. The maximum Gasteiger partial charge on any atom is 0.310 e. The van der Waals surface area contributed by atoms with E-state index in [1.807, 2.05) is 12.1 Å². The van der Waals surface area contributed by atoms with Gasteiger partial charge in [0.2, 0.25) is 0 Å². The number of phenolic OH excluding ortho intramolecular Hbond substituents is 1. The number of benzene rings is 2. The van der Waals surface area contributed by atoms with Crippen LogP contribution in [-0.4, -0.2) is 11.1 Å². The molecule has 0 radical (unpaired) electrons. The summed E-state index contributed by atoms with van der Waals surface area (Å²) in [6.07, 6.45) is 0.144. The zero-order valence-electron chi connectivity index (χ0n) is 10.4. The van der Waals surface area contributed by atoms with Crippen LogP contribution in [0.1, 0.15) is 11.1 Å². The molecule has 0 aliphatic heterocycles. The van der Waals surface area contributed by atoms with Crippen LogP contribution >= 0.6 is 0 Å². The summed E-state index contributed by atoms with van der Waals surface area (Å²) in [5.41, 5.74) is 7.83. The van der Waals surface area contributed by atoms with Gasteiger partial charge < -0.3 is 15.6 Å². The van der Waals surface area contributed by atoms with Gasteiger partial charge in [-0.3, -0.25) is 4.79 Å². The topological polar surface area (TPSA) is 72.6 Å². The Morgan fingerprint density at radius 1 is 1.16 bits per heavy atom. The molecule has 3 N–H and O–H groups in total. The number of nitrogen functional groups attached to an aromatic ring is 1. The number of rotatable bonds is 4. The van der Waals surface area contributed by atoms with E-state index >= 15 is 0 Å². The SMILES string of the molecule is Nc1ccccc1CC(=O)OCc1cccc(O)c1. The number of ether oxygens (including phenoxy) is 1. The summed E-state index contributed by atoms with van der Waals surface area (Å²) in [7, 11) is 0. The highest BCUT2D eigenvalue weighted by molar-refractivity contribution is 5.74. The molecule has 2 aromatic rings. The number of hydrogen-bond acceptors (Lipinski definition) is 4. The van der Waals surface area contributed by atoms with Crippen LogP contribution in [0.2, 0.25) is 0 Å². The number of esters is 1. The fourth-order valence-corrected chi connectivity index (χ4v) is 1.71. The molecule has 0 unspecified atom stereocenters. The molecule has 0 amide bonds. The monoisotopic (exact) mass is 257 g/mol. The van der Waals surface area contributed by atoms with E-state index < -0.39 is 0 Å². The van der Waals surface area contributed by atoms with E-state index in [-0.39, 0.29) is 24.7 Å². The van der Waals surface area contributed by atoms with Gasteiger partial charge in [0, 0.05) is 5.69 Å². The van der Waals surface area contributed by atoms with Crippen LogP contribution in [0.15, 0.2) is 48.5 Å². The van der Waals surface area contributed by atoms with Crippen LogP contribution in [-0.2, 0) is 22.6 Å². The molecule has 0 fully saturated rings. The number of phenols is 1. The van der Waals surface area contributed by atoms with Crippen LogP contribution in [0.4, 0.5) is 5.69 Å². The van der Waals surface area contributed by atoms with Gasteiger partial charge in [0.1, 0.15) is 12.4 Å². The van der Waals surface area contributed by atoms with E-state index in [0.717, 1.165) is 11.1 Å². The lowest BCUT2D eigenvalue weighted by molar-refractivity contribution is -0.144. The number of nitrogens with two attached hydrogens (primary N) is 1. The summed E-state index contributed by atoms with van der Waals surface area (Å²) >= 11 is 0. The number of carbonyl (C=O) groups excluding carboxylic acids is 1. The first kappa shape index (κ1) is 13.0. The van der Waals surface area contributed by atoms with Crippen molar-refractivity contribution in [2.24, 2.45) is 0 Å². The van der Waals surface area contributed by atoms with Gasteiger partial charge in [0.25, 0.3) is 0 Å². The molecule has 0 aliphatic rings. The van der Waals surface area contributed by atoms with Gasteiger partial charge in [0.15, 0.2) is 0 Å². The van der Waals surface area contributed by atoms with Crippen molar-refractivity contribution >= 4 is 11.7 Å². The highest BCUT2D eigenvalue weighted by Crippen LogP contribution is 2.14. The lowest BCUT2D eigenvalue weighted by Crippen LogP contribution is -2.09. The third-order valence-corrected chi connectivity index (χ3v) is 2.70. The average molecular weight is 257 g/mol. The minimum absolute atomic E-state index is 0.139. The summed E-state index contributed by atoms with van der Waals surface area (Å²) < 4.78 is 5.14. The largest absolute Gasteiger partial charge is 0.508 e. The highest BCUT2D eigenvalue weighted by Gasteiger charge is 2.07. The molecule has 0 atom stereocenters. The van der Waals surface area contributed by atoms with Gasteiger partial charge in [-0.25, -0.2) is 0 Å². The smallest absolute Gasteiger partial charge is 0.310 e. The van der Waals surface area contributed by atoms with Crippen LogP contribution in [0, 0.1) is 0 Å². The molecule has 2 aromatic carbocycles. The van der Waals surface area contributed by atoms with E-state index in [4.69, 9.17) is 10.5 Å². The first-order valence-electron chi connectivity index (χ1n) is 5.92. The quantitative estimate of drug-likeness (QED) is 0.651. The van der Waals surface area contributed by atoms with Crippen molar-refractivity contribution in [3.8, 4) is 5.75 Å². The molecule has 0 saturated heterocycles. The van der Waals surface area contributed by atoms with Gasteiger partial charge in [-0.15, -0.1) is 0 Å². The normalized spacial score (nSPS) is 10.1. The van der Waals surface area contributed by atoms with Crippen LogP contribution < -0.4 is 5.73 Å². The summed E-state index contributed by atoms with van der Waals surface area (Å²) in [6.45, 7) is 0.139. The van der Waals surface area contributed by atoms with E-state index in [1.165, 1.54) is 0 Å². The van der Waals surface area contributed by atoms with Crippen molar-refractivity contribution in [3.05, 3.63) is 59.7 Å². The molecule has 0 aliphatic carbocycles. The number of carbonyl (C=O) groups is 1.